The highest BCUT2D eigenvalue weighted by molar-refractivity contribution is 5.77. The van der Waals surface area contributed by atoms with E-state index in [4.69, 9.17) is 4.74 Å². The Bertz CT molecular complexity index is 428. The highest BCUT2D eigenvalue weighted by Crippen LogP contribution is 2.24. The van der Waals surface area contributed by atoms with Crippen molar-refractivity contribution in [2.45, 2.75) is 32.2 Å². The zero-order valence-corrected chi connectivity index (χ0v) is 13.0. The standard InChI is InChI=1S/C17H26N2O2/c1-3-21-17(20)16(19-12-7-10-18-11-13-19)14(2)15-8-5-4-6-9-15/h4-6,8-9,14,16,18H,3,7,10-13H2,1-2H3. The third kappa shape index (κ3) is 4.29. The molecule has 0 bridgehead atoms. The Hall–Kier alpha value is -1.39. The second-order valence-corrected chi connectivity index (χ2v) is 5.54. The van der Waals surface area contributed by atoms with Crippen LogP contribution in [0.4, 0.5) is 0 Å². The van der Waals surface area contributed by atoms with Gasteiger partial charge in [-0.2, -0.15) is 0 Å². The van der Waals surface area contributed by atoms with Crippen LogP contribution >= 0.6 is 0 Å². The Morgan fingerprint density at radius 2 is 2.05 bits per heavy atom. The minimum atomic E-state index is -0.202. The summed E-state index contributed by atoms with van der Waals surface area (Å²) in [4.78, 5) is 14.8. The van der Waals surface area contributed by atoms with E-state index in [9.17, 15) is 4.79 Å². The first kappa shape index (κ1) is 16.0. The molecular weight excluding hydrogens is 264 g/mol. The van der Waals surface area contributed by atoms with Gasteiger partial charge < -0.3 is 10.1 Å². The van der Waals surface area contributed by atoms with Crippen LogP contribution in [0.2, 0.25) is 0 Å². The van der Waals surface area contributed by atoms with Gasteiger partial charge in [0, 0.05) is 25.6 Å². The van der Waals surface area contributed by atoms with Crippen LogP contribution in [0, 0.1) is 0 Å². The second-order valence-electron chi connectivity index (χ2n) is 5.54. The summed E-state index contributed by atoms with van der Waals surface area (Å²) in [6.07, 6.45) is 1.07. The lowest BCUT2D eigenvalue weighted by atomic mass is 9.92. The molecule has 1 N–H and O–H groups in total. The average molecular weight is 290 g/mol. The van der Waals surface area contributed by atoms with E-state index < -0.39 is 0 Å². The fourth-order valence-electron chi connectivity index (χ4n) is 2.98. The maximum atomic E-state index is 12.5. The van der Waals surface area contributed by atoms with Gasteiger partial charge in [0.15, 0.2) is 0 Å². The normalized spacial score (nSPS) is 19.5. The van der Waals surface area contributed by atoms with Gasteiger partial charge in [-0.3, -0.25) is 9.69 Å². The Balaban J connectivity index is 2.20. The molecule has 0 saturated carbocycles. The first-order valence-electron chi connectivity index (χ1n) is 7.90. The summed E-state index contributed by atoms with van der Waals surface area (Å²) in [5.74, 6) is 0.0269. The molecule has 0 aromatic heterocycles. The lowest BCUT2D eigenvalue weighted by Crippen LogP contribution is -2.47. The number of rotatable bonds is 5. The van der Waals surface area contributed by atoms with Gasteiger partial charge in [-0.25, -0.2) is 0 Å². The Kier molecular flexibility index (Phi) is 6.21. The maximum Gasteiger partial charge on any atom is 0.323 e. The largest absolute Gasteiger partial charge is 0.465 e. The van der Waals surface area contributed by atoms with Crippen LogP contribution in [0.25, 0.3) is 0 Å². The van der Waals surface area contributed by atoms with Gasteiger partial charge in [0.1, 0.15) is 6.04 Å². The molecule has 0 radical (unpaired) electrons. The van der Waals surface area contributed by atoms with Crippen molar-refractivity contribution < 1.29 is 9.53 Å². The summed E-state index contributed by atoms with van der Waals surface area (Å²) in [5.41, 5.74) is 1.19. The van der Waals surface area contributed by atoms with E-state index >= 15 is 0 Å². The van der Waals surface area contributed by atoms with Crippen molar-refractivity contribution >= 4 is 5.97 Å². The number of nitrogens with one attached hydrogen (secondary N) is 1. The highest BCUT2D eigenvalue weighted by atomic mass is 16.5. The van der Waals surface area contributed by atoms with Crippen LogP contribution in [0.15, 0.2) is 30.3 Å². The van der Waals surface area contributed by atoms with Crippen molar-refractivity contribution in [3.63, 3.8) is 0 Å². The fraction of sp³-hybridized carbons (Fsp3) is 0.588. The number of carbonyl (C=O) groups is 1. The van der Waals surface area contributed by atoms with Crippen molar-refractivity contribution in [1.82, 2.24) is 10.2 Å². The van der Waals surface area contributed by atoms with Gasteiger partial charge in [0.2, 0.25) is 0 Å². The monoisotopic (exact) mass is 290 g/mol. The zero-order valence-electron chi connectivity index (χ0n) is 13.0. The number of benzene rings is 1. The summed E-state index contributed by atoms with van der Waals surface area (Å²) >= 11 is 0. The lowest BCUT2D eigenvalue weighted by molar-refractivity contribution is -0.150. The molecule has 1 heterocycles. The van der Waals surface area contributed by atoms with Crippen LogP contribution in [0.3, 0.4) is 0 Å². The van der Waals surface area contributed by atoms with Crippen LogP contribution in [0.1, 0.15) is 31.7 Å². The molecule has 21 heavy (non-hydrogen) atoms. The Morgan fingerprint density at radius 3 is 2.76 bits per heavy atom. The van der Waals surface area contributed by atoms with Crippen molar-refractivity contribution in [3.05, 3.63) is 35.9 Å². The summed E-state index contributed by atoms with van der Waals surface area (Å²) in [5, 5.41) is 3.39. The molecular formula is C17H26N2O2. The predicted octanol–water partition coefficient (Wildman–Crippen LogP) is 2.02. The molecule has 2 unspecified atom stereocenters. The van der Waals surface area contributed by atoms with Gasteiger partial charge in [-0.1, -0.05) is 37.3 Å². The van der Waals surface area contributed by atoms with E-state index in [1.807, 2.05) is 25.1 Å². The minimum absolute atomic E-state index is 0.101. The van der Waals surface area contributed by atoms with Crippen LogP contribution in [-0.2, 0) is 9.53 Å². The van der Waals surface area contributed by atoms with Crippen LogP contribution in [-0.4, -0.2) is 49.7 Å². The van der Waals surface area contributed by atoms with Gasteiger partial charge in [0.25, 0.3) is 0 Å². The number of carbonyl (C=O) groups excluding carboxylic acids is 1. The van der Waals surface area contributed by atoms with E-state index in [0.29, 0.717) is 6.61 Å². The van der Waals surface area contributed by atoms with Crippen LogP contribution < -0.4 is 5.32 Å². The highest BCUT2D eigenvalue weighted by Gasteiger charge is 2.33. The lowest BCUT2D eigenvalue weighted by Gasteiger charge is -2.33. The Morgan fingerprint density at radius 1 is 1.29 bits per heavy atom. The van der Waals surface area contributed by atoms with E-state index in [2.05, 4.69) is 29.3 Å². The van der Waals surface area contributed by atoms with E-state index in [-0.39, 0.29) is 17.9 Å². The fourth-order valence-corrected chi connectivity index (χ4v) is 2.98. The topological polar surface area (TPSA) is 41.6 Å². The van der Waals surface area contributed by atoms with Crippen LogP contribution in [0.5, 0.6) is 0 Å². The quantitative estimate of drug-likeness (QED) is 0.842. The number of nitrogens with zero attached hydrogens (tertiary/aromatic N) is 1. The first-order chi connectivity index (χ1) is 10.2. The molecule has 0 spiro atoms. The molecule has 0 aliphatic carbocycles. The third-order valence-corrected chi connectivity index (χ3v) is 4.10. The second kappa shape index (κ2) is 8.15. The van der Waals surface area contributed by atoms with E-state index in [0.717, 1.165) is 32.6 Å². The molecule has 1 aromatic carbocycles. The molecule has 4 nitrogen and oxygen atoms in total. The molecule has 1 fully saturated rings. The molecule has 1 aromatic rings. The Labute approximate surface area is 127 Å². The predicted molar refractivity (Wildman–Crippen MR) is 84.3 cm³/mol. The molecule has 4 heteroatoms. The molecule has 1 aliphatic heterocycles. The van der Waals surface area contributed by atoms with Gasteiger partial charge in [0.05, 0.1) is 6.61 Å². The SMILES string of the molecule is CCOC(=O)C(C(C)c1ccccc1)N1CCCNCC1. The van der Waals surface area contributed by atoms with Crippen molar-refractivity contribution in [2.75, 3.05) is 32.8 Å². The molecule has 1 saturated heterocycles. The molecule has 2 atom stereocenters. The molecule has 2 rings (SSSR count). The van der Waals surface area contributed by atoms with Gasteiger partial charge in [-0.05, 0) is 25.5 Å². The zero-order chi connectivity index (χ0) is 15.1. The summed E-state index contributed by atoms with van der Waals surface area (Å²) in [6, 6.07) is 10.0. The first-order valence-corrected chi connectivity index (χ1v) is 7.90. The summed E-state index contributed by atoms with van der Waals surface area (Å²) < 4.78 is 5.34. The van der Waals surface area contributed by atoms with Crippen molar-refractivity contribution in [2.24, 2.45) is 0 Å². The van der Waals surface area contributed by atoms with Crippen molar-refractivity contribution in [3.8, 4) is 0 Å². The van der Waals surface area contributed by atoms with Gasteiger partial charge >= 0.3 is 5.97 Å². The molecule has 1 aliphatic rings. The average Bonchev–Trinajstić information content (AvgIpc) is 2.78. The maximum absolute atomic E-state index is 12.5. The van der Waals surface area contributed by atoms with E-state index in [1.165, 1.54) is 5.56 Å². The summed E-state index contributed by atoms with van der Waals surface area (Å²) in [6.45, 7) is 8.20. The van der Waals surface area contributed by atoms with Gasteiger partial charge in [-0.15, -0.1) is 0 Å². The summed E-state index contributed by atoms with van der Waals surface area (Å²) in [7, 11) is 0. The minimum Gasteiger partial charge on any atom is -0.465 e. The molecule has 116 valence electrons. The third-order valence-electron chi connectivity index (χ3n) is 4.10. The smallest absolute Gasteiger partial charge is 0.323 e. The van der Waals surface area contributed by atoms with Crippen molar-refractivity contribution in [1.29, 1.82) is 0 Å². The number of hydrogen-bond donors (Lipinski definition) is 1. The number of ether oxygens (including phenoxy) is 1. The number of esters is 1. The number of hydrogen-bond acceptors (Lipinski definition) is 4. The molecule has 0 amide bonds. The van der Waals surface area contributed by atoms with E-state index in [1.54, 1.807) is 0 Å².